The van der Waals surface area contributed by atoms with Gasteiger partial charge in [-0.2, -0.15) is 0 Å². The van der Waals surface area contributed by atoms with Gasteiger partial charge in [0.2, 0.25) is 5.91 Å². The summed E-state index contributed by atoms with van der Waals surface area (Å²) in [5.41, 5.74) is 0.407. The maximum absolute atomic E-state index is 13.2. The van der Waals surface area contributed by atoms with Crippen LogP contribution in [-0.2, 0) is 17.8 Å². The molecule has 8 heteroatoms. The van der Waals surface area contributed by atoms with Crippen molar-refractivity contribution < 1.29 is 9.18 Å². The van der Waals surface area contributed by atoms with E-state index in [1.54, 1.807) is 6.92 Å². The van der Waals surface area contributed by atoms with E-state index in [9.17, 15) is 9.18 Å². The van der Waals surface area contributed by atoms with Crippen LogP contribution in [0.2, 0.25) is 0 Å². The number of aromatic nitrogens is 3. The zero-order chi connectivity index (χ0) is 17.1. The van der Waals surface area contributed by atoms with E-state index in [1.165, 1.54) is 24.5 Å². The van der Waals surface area contributed by atoms with E-state index in [4.69, 9.17) is 0 Å². The molecule has 1 amide bonds. The van der Waals surface area contributed by atoms with Crippen LogP contribution in [-0.4, -0.2) is 38.8 Å². The molecule has 128 valence electrons. The molecular weight excluding hydrogens is 329 g/mol. The summed E-state index contributed by atoms with van der Waals surface area (Å²) in [5, 5.41) is 3.35. The third-order valence-electron chi connectivity index (χ3n) is 4.03. The van der Waals surface area contributed by atoms with Gasteiger partial charge < -0.3 is 5.32 Å². The van der Waals surface area contributed by atoms with Crippen LogP contribution in [0.3, 0.4) is 0 Å². The van der Waals surface area contributed by atoms with Crippen LogP contribution in [0.25, 0.3) is 0 Å². The highest BCUT2D eigenvalue weighted by molar-refractivity contribution is 7.15. The van der Waals surface area contributed by atoms with E-state index >= 15 is 0 Å². The fraction of sp³-hybridized carbons (Fsp3) is 0.500. The fourth-order valence-electron chi connectivity index (χ4n) is 2.89. The second kappa shape index (κ2) is 7.31. The van der Waals surface area contributed by atoms with Gasteiger partial charge >= 0.3 is 0 Å². The number of rotatable bonds is 5. The maximum Gasteiger partial charge on any atom is 0.223 e. The topological polar surface area (TPSA) is 71.0 Å². The summed E-state index contributed by atoms with van der Waals surface area (Å²) in [5.74, 6) is 0.739. The first-order chi connectivity index (χ1) is 11.5. The van der Waals surface area contributed by atoms with Crippen molar-refractivity contribution in [2.24, 2.45) is 5.92 Å². The Bertz CT molecular complexity index is 735. The smallest absolute Gasteiger partial charge is 0.223 e. The molecule has 1 atom stereocenters. The Labute approximate surface area is 144 Å². The molecule has 0 bridgehead atoms. The van der Waals surface area contributed by atoms with Crippen LogP contribution in [0.4, 0.5) is 9.52 Å². The van der Waals surface area contributed by atoms with Gasteiger partial charge in [-0.3, -0.25) is 9.69 Å². The predicted molar refractivity (Wildman–Crippen MR) is 90.2 cm³/mol. The lowest BCUT2D eigenvalue weighted by molar-refractivity contribution is -0.114. The fourth-order valence-corrected chi connectivity index (χ4v) is 3.79. The van der Waals surface area contributed by atoms with Crippen LogP contribution in [0, 0.1) is 18.7 Å². The molecule has 1 N–H and O–H groups in total. The molecule has 0 radical (unpaired) electrons. The minimum atomic E-state index is -0.355. The van der Waals surface area contributed by atoms with E-state index in [0.29, 0.717) is 22.6 Å². The van der Waals surface area contributed by atoms with Crippen molar-refractivity contribution in [2.75, 3.05) is 18.4 Å². The SMILES string of the molecule is CC(=O)Nc1ncc(CN2CC[C@H](Cc3ncc(F)c(C)n3)C2)s1. The monoisotopic (exact) mass is 349 g/mol. The molecule has 0 spiro atoms. The van der Waals surface area contributed by atoms with Crippen LogP contribution >= 0.6 is 11.3 Å². The molecule has 1 saturated heterocycles. The molecule has 3 heterocycles. The van der Waals surface area contributed by atoms with E-state index in [0.717, 1.165) is 37.4 Å². The third kappa shape index (κ3) is 4.33. The van der Waals surface area contributed by atoms with Gasteiger partial charge in [0.1, 0.15) is 5.82 Å². The van der Waals surface area contributed by atoms with E-state index in [1.807, 2.05) is 6.20 Å². The normalized spacial score (nSPS) is 18.0. The van der Waals surface area contributed by atoms with Crippen LogP contribution < -0.4 is 5.32 Å². The zero-order valence-electron chi connectivity index (χ0n) is 13.8. The summed E-state index contributed by atoms with van der Waals surface area (Å²) in [7, 11) is 0. The van der Waals surface area contributed by atoms with Crippen molar-refractivity contribution in [1.29, 1.82) is 0 Å². The summed E-state index contributed by atoms with van der Waals surface area (Å²) in [6.45, 7) is 5.95. The summed E-state index contributed by atoms with van der Waals surface area (Å²) in [6.07, 6.45) is 4.93. The maximum atomic E-state index is 13.2. The second-order valence-corrected chi connectivity index (χ2v) is 7.24. The molecule has 1 aliphatic heterocycles. The molecule has 3 rings (SSSR count). The quantitative estimate of drug-likeness (QED) is 0.897. The number of anilines is 1. The number of hydrogen-bond acceptors (Lipinski definition) is 6. The standard InChI is InChI=1S/C16H20FN5OS/c1-10-14(17)7-18-15(20-10)5-12-3-4-22(8-12)9-13-6-19-16(24-13)21-11(2)23/h6-7,12H,3-5,8-9H2,1-2H3,(H,19,21,23)/t12-/m1/s1. The number of nitrogens with zero attached hydrogens (tertiary/aromatic N) is 4. The summed E-state index contributed by atoms with van der Waals surface area (Å²) in [4.78, 5) is 27.1. The van der Waals surface area contributed by atoms with Crippen LogP contribution in [0.1, 0.15) is 29.7 Å². The van der Waals surface area contributed by atoms with Gasteiger partial charge in [0.25, 0.3) is 0 Å². The minimum absolute atomic E-state index is 0.105. The van der Waals surface area contributed by atoms with Crippen LogP contribution in [0.5, 0.6) is 0 Å². The number of nitrogens with one attached hydrogen (secondary N) is 1. The van der Waals surface area contributed by atoms with Crippen molar-refractivity contribution in [3.05, 3.63) is 34.6 Å². The predicted octanol–water partition coefficient (Wildman–Crippen LogP) is 2.40. The Balaban J connectivity index is 1.52. The molecule has 2 aromatic heterocycles. The largest absolute Gasteiger partial charge is 0.302 e. The van der Waals surface area contributed by atoms with Crippen molar-refractivity contribution in [2.45, 2.75) is 33.2 Å². The van der Waals surface area contributed by atoms with E-state index in [-0.39, 0.29) is 11.7 Å². The van der Waals surface area contributed by atoms with E-state index < -0.39 is 0 Å². The second-order valence-electron chi connectivity index (χ2n) is 6.13. The number of likely N-dealkylation sites (tertiary alicyclic amines) is 1. The highest BCUT2D eigenvalue weighted by Gasteiger charge is 2.24. The molecule has 0 aliphatic carbocycles. The first-order valence-electron chi connectivity index (χ1n) is 7.92. The Morgan fingerprint density at radius 3 is 3.04 bits per heavy atom. The zero-order valence-corrected chi connectivity index (χ0v) is 14.6. The highest BCUT2D eigenvalue weighted by atomic mass is 32.1. The Hall–Kier alpha value is -1.93. The first kappa shape index (κ1) is 16.9. The lowest BCUT2D eigenvalue weighted by atomic mass is 10.0. The van der Waals surface area contributed by atoms with Crippen molar-refractivity contribution >= 4 is 22.4 Å². The molecule has 1 fully saturated rings. The molecular formula is C16H20FN5OS. The van der Waals surface area contributed by atoms with Crippen LogP contribution in [0.15, 0.2) is 12.4 Å². The highest BCUT2D eigenvalue weighted by Crippen LogP contribution is 2.25. The van der Waals surface area contributed by atoms with Crippen molar-refractivity contribution in [1.82, 2.24) is 19.9 Å². The summed E-state index contributed by atoms with van der Waals surface area (Å²) in [6, 6.07) is 0. The Morgan fingerprint density at radius 1 is 1.46 bits per heavy atom. The van der Waals surface area contributed by atoms with Gasteiger partial charge in [0, 0.05) is 37.5 Å². The van der Waals surface area contributed by atoms with E-state index in [2.05, 4.69) is 25.2 Å². The first-order valence-corrected chi connectivity index (χ1v) is 8.74. The summed E-state index contributed by atoms with van der Waals surface area (Å²) >= 11 is 1.51. The van der Waals surface area contributed by atoms with Gasteiger partial charge in [0.15, 0.2) is 10.9 Å². The Kier molecular flexibility index (Phi) is 5.15. The number of amides is 1. The number of thiazole rings is 1. The lowest BCUT2D eigenvalue weighted by Crippen LogP contribution is -2.20. The average molecular weight is 349 g/mol. The average Bonchev–Trinajstić information content (AvgIpc) is 3.13. The number of carbonyl (C=O) groups excluding carboxylic acids is 1. The van der Waals surface area contributed by atoms with Gasteiger partial charge in [0.05, 0.1) is 11.9 Å². The van der Waals surface area contributed by atoms with Gasteiger partial charge in [-0.1, -0.05) is 0 Å². The van der Waals surface area contributed by atoms with Gasteiger partial charge in [-0.25, -0.2) is 19.3 Å². The molecule has 0 unspecified atom stereocenters. The molecule has 24 heavy (non-hydrogen) atoms. The lowest BCUT2D eigenvalue weighted by Gasteiger charge is -2.14. The minimum Gasteiger partial charge on any atom is -0.302 e. The molecule has 2 aromatic rings. The number of carbonyl (C=O) groups is 1. The number of aryl methyl sites for hydroxylation is 1. The number of hydrogen-bond donors (Lipinski definition) is 1. The molecule has 6 nitrogen and oxygen atoms in total. The van der Waals surface area contributed by atoms with Crippen molar-refractivity contribution in [3.8, 4) is 0 Å². The Morgan fingerprint density at radius 2 is 2.29 bits per heavy atom. The van der Waals surface area contributed by atoms with Gasteiger partial charge in [-0.15, -0.1) is 11.3 Å². The van der Waals surface area contributed by atoms with Crippen molar-refractivity contribution in [3.63, 3.8) is 0 Å². The molecule has 1 aliphatic rings. The molecule has 0 aromatic carbocycles. The van der Waals surface area contributed by atoms with Gasteiger partial charge in [-0.05, 0) is 25.8 Å². The number of halogens is 1. The summed E-state index contributed by atoms with van der Waals surface area (Å²) < 4.78 is 13.2. The molecule has 0 saturated carbocycles. The third-order valence-corrected chi connectivity index (χ3v) is 4.92.